The fourth-order valence-corrected chi connectivity index (χ4v) is 4.57. The molecule has 0 spiro atoms. The van der Waals surface area contributed by atoms with Gasteiger partial charge in [0.25, 0.3) is 5.82 Å². The summed E-state index contributed by atoms with van der Waals surface area (Å²) < 4.78 is 0. The first-order valence-electron chi connectivity index (χ1n) is 10.2. The van der Waals surface area contributed by atoms with E-state index < -0.39 is 0 Å². The first kappa shape index (κ1) is 21.7. The number of nitrogen functional groups attached to an aromatic ring is 1. The number of likely N-dealkylation sites (tertiary alicyclic amines) is 1. The van der Waals surface area contributed by atoms with E-state index in [1.54, 1.807) is 0 Å². The van der Waals surface area contributed by atoms with Crippen LogP contribution in [0.1, 0.15) is 55.7 Å². The number of anilines is 1. The number of rotatable bonds is 5. The van der Waals surface area contributed by atoms with Gasteiger partial charge in [-0.15, -0.1) is 0 Å². The van der Waals surface area contributed by atoms with Crippen LogP contribution in [0.4, 0.5) is 5.82 Å². The molecule has 0 atom stereocenters. The van der Waals surface area contributed by atoms with Crippen LogP contribution in [0.5, 0.6) is 0 Å². The van der Waals surface area contributed by atoms with Gasteiger partial charge in [-0.05, 0) is 36.3 Å². The normalized spacial score (nSPS) is 13.7. The van der Waals surface area contributed by atoms with Crippen LogP contribution in [0.25, 0.3) is 11.1 Å². The first-order chi connectivity index (χ1) is 14.5. The molecule has 1 amide bonds. The Kier molecular flexibility index (Phi) is 6.97. The molecule has 1 aliphatic heterocycles. The maximum Gasteiger partial charge on any atom is 0.289 e. The molecule has 1 aromatic heterocycles. The molecule has 30 heavy (non-hydrogen) atoms. The van der Waals surface area contributed by atoms with E-state index in [-0.39, 0.29) is 23.0 Å². The first-order valence-corrected chi connectivity index (χ1v) is 11.1. The Bertz CT molecular complexity index is 1010. The average molecular weight is 421 g/mol. The maximum atomic E-state index is 12.6. The molecular formula is C23H26N5OS+. The van der Waals surface area contributed by atoms with Gasteiger partial charge in [0.1, 0.15) is 23.3 Å². The highest BCUT2D eigenvalue weighted by Gasteiger charge is 2.25. The Labute approximate surface area is 181 Å². The molecule has 7 heteroatoms. The Morgan fingerprint density at radius 1 is 1.13 bits per heavy atom. The van der Waals surface area contributed by atoms with Gasteiger partial charge in [0.2, 0.25) is 5.91 Å². The summed E-state index contributed by atoms with van der Waals surface area (Å²) in [7, 11) is 0. The summed E-state index contributed by atoms with van der Waals surface area (Å²) in [5.41, 5.74) is 9.16. The second-order valence-electron chi connectivity index (χ2n) is 7.72. The number of nitrogens with two attached hydrogens (primary N) is 1. The van der Waals surface area contributed by atoms with E-state index in [2.05, 4.69) is 31.0 Å². The third-order valence-electron chi connectivity index (χ3n) is 5.38. The number of nitrogens with zero attached hydrogens (tertiary/aromatic N) is 3. The molecule has 2 aromatic rings. The minimum Gasteiger partial charge on any atom is -0.342 e. The zero-order chi connectivity index (χ0) is 21.7. The molecule has 0 saturated carbocycles. The summed E-state index contributed by atoms with van der Waals surface area (Å²) in [5, 5.41) is 20.1. The van der Waals surface area contributed by atoms with E-state index in [1.807, 2.05) is 29.2 Å². The SMILES string of the molecule is CC(C)c1ccc(-c2c(C#N)c(N)[nH+]c(SCC(=O)N3CCCCC3)c2C#N)cc1. The minimum absolute atomic E-state index is 0.0581. The topological polar surface area (TPSA) is 108 Å². The zero-order valence-electron chi connectivity index (χ0n) is 17.4. The van der Waals surface area contributed by atoms with Crippen molar-refractivity contribution in [2.45, 2.75) is 44.1 Å². The van der Waals surface area contributed by atoms with E-state index in [0.717, 1.165) is 37.9 Å². The molecule has 0 bridgehead atoms. The van der Waals surface area contributed by atoms with Gasteiger partial charge < -0.3 is 4.90 Å². The van der Waals surface area contributed by atoms with Gasteiger partial charge in [-0.2, -0.15) is 10.5 Å². The summed E-state index contributed by atoms with van der Waals surface area (Å²) in [6, 6.07) is 12.2. The minimum atomic E-state index is 0.0581. The van der Waals surface area contributed by atoms with Crippen molar-refractivity contribution in [1.29, 1.82) is 10.5 Å². The lowest BCUT2D eigenvalue weighted by atomic mass is 9.94. The summed E-state index contributed by atoms with van der Waals surface area (Å²) in [6.45, 7) is 5.80. The second kappa shape index (κ2) is 9.65. The van der Waals surface area contributed by atoms with Gasteiger partial charge in [0, 0.05) is 18.7 Å². The molecule has 6 nitrogen and oxygen atoms in total. The highest BCUT2D eigenvalue weighted by molar-refractivity contribution is 7.99. The Balaban J connectivity index is 1.96. The number of aromatic amines is 1. The molecule has 1 aromatic carbocycles. The van der Waals surface area contributed by atoms with E-state index >= 15 is 0 Å². The summed E-state index contributed by atoms with van der Waals surface area (Å²) in [5.74, 6) is 0.864. The van der Waals surface area contributed by atoms with Crippen LogP contribution in [0, 0.1) is 22.7 Å². The van der Waals surface area contributed by atoms with Crippen molar-refractivity contribution in [2.75, 3.05) is 24.6 Å². The van der Waals surface area contributed by atoms with Crippen molar-refractivity contribution in [2.24, 2.45) is 0 Å². The number of thioether (sulfide) groups is 1. The predicted molar refractivity (Wildman–Crippen MR) is 118 cm³/mol. The van der Waals surface area contributed by atoms with E-state index in [9.17, 15) is 15.3 Å². The van der Waals surface area contributed by atoms with E-state index in [0.29, 0.717) is 22.1 Å². The highest BCUT2D eigenvalue weighted by atomic mass is 32.2. The molecule has 1 fully saturated rings. The maximum absolute atomic E-state index is 12.6. The van der Waals surface area contributed by atoms with Crippen molar-refractivity contribution >= 4 is 23.5 Å². The Hall–Kier alpha value is -3.03. The van der Waals surface area contributed by atoms with Crippen molar-refractivity contribution in [3.8, 4) is 23.3 Å². The number of piperidine rings is 1. The molecule has 2 heterocycles. The lowest BCUT2D eigenvalue weighted by Crippen LogP contribution is -2.37. The molecule has 3 rings (SSSR count). The number of nitrogens with one attached hydrogen (secondary N) is 1. The fraction of sp³-hybridized carbons (Fsp3) is 0.391. The molecule has 0 unspecified atom stereocenters. The van der Waals surface area contributed by atoms with Gasteiger partial charge in [-0.1, -0.05) is 49.9 Å². The van der Waals surface area contributed by atoms with Gasteiger partial charge in [0.15, 0.2) is 5.03 Å². The van der Waals surface area contributed by atoms with Crippen molar-refractivity contribution in [1.82, 2.24) is 4.90 Å². The number of carbonyl (C=O) groups excluding carboxylic acids is 1. The third-order valence-corrected chi connectivity index (χ3v) is 6.37. The Morgan fingerprint density at radius 2 is 1.77 bits per heavy atom. The monoisotopic (exact) mass is 420 g/mol. The molecule has 0 radical (unpaired) electrons. The third kappa shape index (κ3) is 4.58. The van der Waals surface area contributed by atoms with Gasteiger partial charge in [-0.3, -0.25) is 10.5 Å². The highest BCUT2D eigenvalue weighted by Crippen LogP contribution is 2.34. The molecular weight excluding hydrogens is 394 g/mol. The number of carbonyl (C=O) groups is 1. The molecule has 1 saturated heterocycles. The van der Waals surface area contributed by atoms with E-state index in [4.69, 9.17) is 5.73 Å². The number of hydrogen-bond acceptors (Lipinski definition) is 5. The standard InChI is InChI=1S/C23H25N5OS/c1-15(2)16-6-8-17(9-7-16)21-18(12-24)22(26)27-23(19(21)13-25)30-14-20(29)28-10-4-3-5-11-28/h6-9,15H,3-5,10-11,14H2,1-2H3,(H2,26,27)/p+1. The van der Waals surface area contributed by atoms with E-state index in [1.165, 1.54) is 17.3 Å². The number of aromatic nitrogens is 1. The van der Waals surface area contributed by atoms with Crippen LogP contribution in [-0.4, -0.2) is 29.6 Å². The van der Waals surface area contributed by atoms with Crippen molar-refractivity contribution in [3.05, 3.63) is 41.0 Å². The number of amides is 1. The number of benzene rings is 1. The van der Waals surface area contributed by atoms with Crippen molar-refractivity contribution < 1.29 is 9.78 Å². The number of nitriles is 2. The molecule has 154 valence electrons. The summed E-state index contributed by atoms with van der Waals surface area (Å²) in [4.78, 5) is 17.4. The quantitative estimate of drug-likeness (QED) is 0.742. The van der Waals surface area contributed by atoms with Crippen LogP contribution in [-0.2, 0) is 4.79 Å². The molecule has 0 aliphatic carbocycles. The van der Waals surface area contributed by atoms with Gasteiger partial charge >= 0.3 is 0 Å². The van der Waals surface area contributed by atoms with Crippen LogP contribution >= 0.6 is 11.8 Å². The van der Waals surface area contributed by atoms with Crippen molar-refractivity contribution in [3.63, 3.8) is 0 Å². The lowest BCUT2D eigenvalue weighted by molar-refractivity contribution is -0.410. The average Bonchev–Trinajstić information content (AvgIpc) is 2.77. The number of H-pyrrole nitrogens is 1. The van der Waals surface area contributed by atoms with Gasteiger partial charge in [-0.25, -0.2) is 4.98 Å². The van der Waals surface area contributed by atoms with Gasteiger partial charge in [0.05, 0.1) is 5.75 Å². The van der Waals surface area contributed by atoms with Crippen LogP contribution < -0.4 is 10.7 Å². The lowest BCUT2D eigenvalue weighted by Gasteiger charge is -2.26. The van der Waals surface area contributed by atoms with Crippen LogP contribution in [0.3, 0.4) is 0 Å². The summed E-state index contributed by atoms with van der Waals surface area (Å²) >= 11 is 1.26. The summed E-state index contributed by atoms with van der Waals surface area (Å²) in [6.07, 6.45) is 3.23. The predicted octanol–water partition coefficient (Wildman–Crippen LogP) is 3.72. The van der Waals surface area contributed by atoms with Crippen LogP contribution in [0.2, 0.25) is 0 Å². The largest absolute Gasteiger partial charge is 0.342 e. The number of pyridine rings is 1. The smallest absolute Gasteiger partial charge is 0.289 e. The van der Waals surface area contributed by atoms with Crippen LogP contribution in [0.15, 0.2) is 29.3 Å². The molecule has 3 N–H and O–H groups in total. The Morgan fingerprint density at radius 3 is 2.33 bits per heavy atom. The zero-order valence-corrected chi connectivity index (χ0v) is 18.2. The number of hydrogen-bond donors (Lipinski definition) is 1. The fourth-order valence-electron chi connectivity index (χ4n) is 3.64. The second-order valence-corrected chi connectivity index (χ2v) is 8.71. The molecule has 1 aliphatic rings.